The highest BCUT2D eigenvalue weighted by atomic mass is 16.5. The van der Waals surface area contributed by atoms with Gasteiger partial charge in [0.2, 0.25) is 0 Å². The van der Waals surface area contributed by atoms with Gasteiger partial charge < -0.3 is 40.6 Å². The van der Waals surface area contributed by atoms with Crippen LogP contribution in [0.15, 0.2) is 18.2 Å². The van der Waals surface area contributed by atoms with Crippen LogP contribution < -0.4 is 26.0 Å². The number of aromatic nitrogens is 2. The van der Waals surface area contributed by atoms with Crippen molar-refractivity contribution in [2.75, 3.05) is 82.2 Å². The Morgan fingerprint density at radius 3 is 2.46 bits per heavy atom. The number of anilines is 4. The molecular weight excluding hydrogens is 524 g/mol. The smallest absolute Gasteiger partial charge is 0.271 e. The summed E-state index contributed by atoms with van der Waals surface area (Å²) in [5, 5.41) is 20.2. The Hall–Kier alpha value is -3.19. The van der Waals surface area contributed by atoms with Crippen molar-refractivity contribution < 1.29 is 18.9 Å². The van der Waals surface area contributed by atoms with E-state index in [9.17, 15) is 10.0 Å². The number of nitrogens with one attached hydrogen (secondary N) is 2. The molecule has 12 heteroatoms. The number of nitrogens with two attached hydrogens (primary N) is 1. The molecule has 4 heterocycles. The van der Waals surface area contributed by atoms with E-state index in [1.165, 1.54) is 0 Å². The first kappa shape index (κ1) is 29.3. The number of quaternary nitrogens is 1. The number of ether oxygens (including phenoxy) is 2. The summed E-state index contributed by atoms with van der Waals surface area (Å²) in [6.45, 7) is 8.08. The van der Waals surface area contributed by atoms with Gasteiger partial charge in [0.25, 0.3) is 5.91 Å². The molecule has 4 N–H and O–H groups in total. The van der Waals surface area contributed by atoms with Gasteiger partial charge in [-0.25, -0.2) is 9.97 Å². The number of carbonyl (C=O) groups excluding carboxylic acids is 1. The van der Waals surface area contributed by atoms with Crippen molar-refractivity contribution in [2.45, 2.75) is 51.1 Å². The number of carbonyl (C=O) groups is 1. The molecule has 0 aliphatic carbocycles. The fourth-order valence-corrected chi connectivity index (χ4v) is 6.13. The van der Waals surface area contributed by atoms with Crippen LogP contribution >= 0.6 is 0 Å². The number of hydrogen-bond donors (Lipinski definition) is 3. The van der Waals surface area contributed by atoms with Gasteiger partial charge in [-0.15, -0.1) is 0 Å². The Balaban J connectivity index is 1.32. The number of piperidine rings is 1. The van der Waals surface area contributed by atoms with Crippen molar-refractivity contribution in [3.05, 3.63) is 34.8 Å². The van der Waals surface area contributed by atoms with Crippen LogP contribution in [0.4, 0.5) is 23.0 Å². The summed E-state index contributed by atoms with van der Waals surface area (Å²) < 4.78 is 11.2. The first-order valence-corrected chi connectivity index (χ1v) is 14.8. The lowest BCUT2D eigenvalue weighted by Gasteiger charge is -2.54. The van der Waals surface area contributed by atoms with Gasteiger partial charge in [0.1, 0.15) is 5.75 Å². The highest BCUT2D eigenvalue weighted by Crippen LogP contribution is 2.36. The predicted octanol–water partition coefficient (Wildman–Crippen LogP) is 2.71. The molecule has 41 heavy (non-hydrogen) atoms. The summed E-state index contributed by atoms with van der Waals surface area (Å²) in [6.07, 6.45) is 4.10. The number of hydrogen-bond acceptors (Lipinski definition) is 10. The van der Waals surface area contributed by atoms with E-state index in [1.807, 2.05) is 25.1 Å². The van der Waals surface area contributed by atoms with Gasteiger partial charge in [-0.1, -0.05) is 6.92 Å². The Morgan fingerprint density at radius 1 is 1.12 bits per heavy atom. The number of methoxy groups -OCH3 is 1. The van der Waals surface area contributed by atoms with E-state index in [0.29, 0.717) is 61.5 Å². The van der Waals surface area contributed by atoms with Crippen molar-refractivity contribution in [3.8, 4) is 5.75 Å². The molecule has 3 aliphatic heterocycles. The fourth-order valence-electron chi connectivity index (χ4n) is 6.13. The van der Waals surface area contributed by atoms with Crippen LogP contribution in [0, 0.1) is 5.21 Å². The lowest BCUT2D eigenvalue weighted by molar-refractivity contribution is -0.910. The van der Waals surface area contributed by atoms with Crippen LogP contribution in [0.1, 0.15) is 48.8 Å². The predicted molar refractivity (Wildman–Crippen MR) is 160 cm³/mol. The number of amides is 1. The van der Waals surface area contributed by atoms with E-state index >= 15 is 0 Å². The van der Waals surface area contributed by atoms with Crippen LogP contribution in [0.3, 0.4) is 0 Å². The molecule has 0 unspecified atom stereocenters. The monoisotopic (exact) mass is 568 g/mol. The summed E-state index contributed by atoms with van der Waals surface area (Å²) in [6, 6.07) is 6.23. The molecule has 3 fully saturated rings. The number of hydroxylamine groups is 3. The normalized spacial score (nSPS) is 20.5. The maximum atomic E-state index is 13.5. The van der Waals surface area contributed by atoms with Crippen LogP contribution in [0.2, 0.25) is 0 Å². The maximum absolute atomic E-state index is 13.5. The third-order valence-corrected chi connectivity index (χ3v) is 8.73. The quantitative estimate of drug-likeness (QED) is 0.305. The van der Waals surface area contributed by atoms with Gasteiger partial charge in [-0.2, -0.15) is 0 Å². The standard InChI is InChI=1S/C29H44N8O4/c1-4-23-28(31-20-9-17-41-18-10-20)34-29(26(33-23)27(30)38)32-21-5-6-24(25(19-21)40-3)36-11-7-22(8-12-36)37(39)15-13-35(2)14-16-37/h5-6,19-20,22H,4,7-18H2,1-3H3,(H2,30,38)(H2,31,32,34). The Kier molecular flexibility index (Phi) is 9.12. The molecule has 1 amide bonds. The SMILES string of the molecule is CCc1nc(C(N)=O)c(Nc2ccc(N3CCC([N+]4([O-])CCN(C)CC4)CC3)c(OC)c2)nc1NC1CCOCC1. The van der Waals surface area contributed by atoms with Gasteiger partial charge >= 0.3 is 0 Å². The summed E-state index contributed by atoms with van der Waals surface area (Å²) in [5.41, 5.74) is 8.20. The number of benzene rings is 1. The van der Waals surface area contributed by atoms with Gasteiger partial charge in [-0.05, 0) is 38.4 Å². The molecule has 3 saturated heterocycles. The lowest BCUT2D eigenvalue weighted by atomic mass is 10.0. The van der Waals surface area contributed by atoms with E-state index in [2.05, 4.69) is 32.5 Å². The highest BCUT2D eigenvalue weighted by Gasteiger charge is 2.35. The number of rotatable bonds is 9. The zero-order valence-electron chi connectivity index (χ0n) is 24.5. The zero-order chi connectivity index (χ0) is 29.0. The Morgan fingerprint density at radius 2 is 1.83 bits per heavy atom. The van der Waals surface area contributed by atoms with E-state index < -0.39 is 5.91 Å². The molecule has 0 bridgehead atoms. The van der Waals surface area contributed by atoms with Crippen molar-refractivity contribution in [1.29, 1.82) is 0 Å². The summed E-state index contributed by atoms with van der Waals surface area (Å²) >= 11 is 0. The van der Waals surface area contributed by atoms with Crippen LogP contribution in [0.5, 0.6) is 5.75 Å². The van der Waals surface area contributed by atoms with Crippen molar-refractivity contribution in [3.63, 3.8) is 0 Å². The molecule has 224 valence electrons. The Labute approximate surface area is 242 Å². The van der Waals surface area contributed by atoms with Crippen LogP contribution in [-0.4, -0.2) is 104 Å². The number of piperazine rings is 1. The number of nitrogens with zero attached hydrogens (tertiary/aromatic N) is 5. The molecule has 12 nitrogen and oxygen atoms in total. The molecule has 2 aromatic rings. The highest BCUT2D eigenvalue weighted by molar-refractivity contribution is 5.96. The average Bonchev–Trinajstić information content (AvgIpc) is 2.99. The van der Waals surface area contributed by atoms with E-state index in [1.54, 1.807) is 7.11 Å². The first-order chi connectivity index (χ1) is 19.8. The van der Waals surface area contributed by atoms with Crippen molar-refractivity contribution in [2.24, 2.45) is 5.73 Å². The molecule has 0 radical (unpaired) electrons. The third kappa shape index (κ3) is 6.66. The summed E-state index contributed by atoms with van der Waals surface area (Å²) in [4.78, 5) is 26.2. The van der Waals surface area contributed by atoms with Crippen molar-refractivity contribution >= 4 is 28.9 Å². The topological polar surface area (TPSA) is 141 Å². The molecule has 5 rings (SSSR count). The summed E-state index contributed by atoms with van der Waals surface area (Å²) in [7, 11) is 3.74. The maximum Gasteiger partial charge on any atom is 0.271 e. The minimum absolute atomic E-state index is 0.0659. The molecule has 0 atom stereocenters. The van der Waals surface area contributed by atoms with E-state index in [0.717, 1.165) is 57.5 Å². The van der Waals surface area contributed by atoms with Crippen LogP contribution in [-0.2, 0) is 11.2 Å². The second-order valence-electron chi connectivity index (χ2n) is 11.4. The molecule has 3 aliphatic rings. The molecule has 0 saturated carbocycles. The average molecular weight is 569 g/mol. The minimum Gasteiger partial charge on any atom is -0.633 e. The molecular formula is C29H44N8O4. The number of primary amides is 1. The lowest BCUT2D eigenvalue weighted by Crippen LogP contribution is -2.62. The molecule has 1 aromatic carbocycles. The summed E-state index contributed by atoms with van der Waals surface area (Å²) in [5.74, 6) is 1.02. The van der Waals surface area contributed by atoms with Crippen molar-refractivity contribution in [1.82, 2.24) is 14.9 Å². The second-order valence-corrected chi connectivity index (χ2v) is 11.4. The van der Waals surface area contributed by atoms with Gasteiger partial charge in [0, 0.05) is 70.0 Å². The second kappa shape index (κ2) is 12.8. The molecule has 1 aromatic heterocycles. The van der Waals surface area contributed by atoms with Crippen LogP contribution in [0.25, 0.3) is 0 Å². The Bertz CT molecular complexity index is 1210. The first-order valence-electron chi connectivity index (χ1n) is 14.8. The number of likely N-dealkylation sites (N-methyl/N-ethyl adjacent to an activating group) is 1. The fraction of sp³-hybridized carbons (Fsp3) is 0.621. The minimum atomic E-state index is -0.641. The third-order valence-electron chi connectivity index (χ3n) is 8.73. The number of aryl methyl sites for hydroxylation is 1. The zero-order valence-corrected chi connectivity index (χ0v) is 24.5. The van der Waals surface area contributed by atoms with Gasteiger partial charge in [0.05, 0.1) is 37.6 Å². The largest absolute Gasteiger partial charge is 0.633 e. The molecule has 0 spiro atoms. The van der Waals surface area contributed by atoms with E-state index in [4.69, 9.17) is 20.2 Å². The van der Waals surface area contributed by atoms with E-state index in [-0.39, 0.29) is 22.4 Å². The van der Waals surface area contributed by atoms with Gasteiger partial charge in [-0.3, -0.25) is 9.69 Å². The van der Waals surface area contributed by atoms with Gasteiger partial charge in [0.15, 0.2) is 17.3 Å².